The molecule has 6 rings (SSSR count). The molecule has 0 aliphatic carbocycles. The molecule has 0 saturated carbocycles. The van der Waals surface area contributed by atoms with Crippen molar-refractivity contribution in [2.45, 2.75) is 52.2 Å². The molecule has 2 aromatic carbocycles. The van der Waals surface area contributed by atoms with Crippen molar-refractivity contribution < 1.29 is 4.79 Å². The van der Waals surface area contributed by atoms with E-state index in [9.17, 15) is 4.79 Å². The van der Waals surface area contributed by atoms with Gasteiger partial charge in [-0.2, -0.15) is 0 Å². The van der Waals surface area contributed by atoms with Crippen LogP contribution in [0.4, 0.5) is 5.69 Å². The molecule has 0 radical (unpaired) electrons. The third kappa shape index (κ3) is 3.79. The molecule has 0 spiro atoms. The molecule has 5 nitrogen and oxygen atoms in total. The molecule has 1 saturated heterocycles. The number of nitrogens with zero attached hydrogens (tertiary/aromatic N) is 4. The van der Waals surface area contributed by atoms with Crippen LogP contribution in [0.3, 0.4) is 0 Å². The highest BCUT2D eigenvalue weighted by atomic mass is 16.2. The lowest BCUT2D eigenvalue weighted by Crippen LogP contribution is -2.51. The fraction of sp³-hybridized carbons (Fsp3) is 0.345. The maximum atomic E-state index is 13.2. The Morgan fingerprint density at radius 3 is 2.76 bits per heavy atom. The fourth-order valence-corrected chi connectivity index (χ4v) is 5.73. The van der Waals surface area contributed by atoms with Crippen molar-refractivity contribution in [1.82, 2.24) is 9.88 Å². The van der Waals surface area contributed by atoms with Gasteiger partial charge in [0.25, 0.3) is 0 Å². The number of hydrogen-bond acceptors (Lipinski definition) is 4. The molecular formula is C29H30N4O. The second-order valence-corrected chi connectivity index (χ2v) is 9.91. The lowest BCUT2D eigenvalue weighted by Gasteiger charge is -2.42. The molecule has 34 heavy (non-hydrogen) atoms. The van der Waals surface area contributed by atoms with Crippen molar-refractivity contribution in [2.75, 3.05) is 18.0 Å². The molecule has 3 aliphatic heterocycles. The van der Waals surface area contributed by atoms with Crippen molar-refractivity contribution in [3.8, 4) is 0 Å². The number of piperidine rings is 1. The van der Waals surface area contributed by atoms with Crippen molar-refractivity contribution in [2.24, 2.45) is 4.99 Å². The first-order valence-electron chi connectivity index (χ1n) is 12.3. The Morgan fingerprint density at radius 1 is 1.00 bits per heavy atom. The molecule has 0 unspecified atom stereocenters. The van der Waals surface area contributed by atoms with E-state index in [4.69, 9.17) is 4.99 Å². The number of aliphatic imine (C=N–C) groups is 1. The standard InChI is InChI=1S/C29H30N4O/c1-19-5-3-6-25(11-19)32-10-4-7-26(18-32)33-17-24-14-27-23(13-22(24)15-28(33)34)16-31-29(27)21-8-9-30-20(2)12-21/h3,5-6,8-9,11-14,26H,4,7,10,15-18H2,1-2H3/t26-/m1/s1. The van der Waals surface area contributed by atoms with Crippen LogP contribution in [-0.2, 0) is 24.3 Å². The number of fused-ring (bicyclic) bond motifs is 2. The number of rotatable bonds is 3. The van der Waals surface area contributed by atoms with Gasteiger partial charge in [-0.25, -0.2) is 0 Å². The van der Waals surface area contributed by atoms with Crippen molar-refractivity contribution in [1.29, 1.82) is 0 Å². The Balaban J connectivity index is 1.26. The minimum Gasteiger partial charge on any atom is -0.369 e. The SMILES string of the molecule is Cc1cccc(N2CCC[C@@H](N3Cc4cc5c(cc4CC3=O)CN=C5c3ccnc(C)c3)C2)c1. The van der Waals surface area contributed by atoms with Crippen molar-refractivity contribution >= 4 is 17.3 Å². The first-order chi connectivity index (χ1) is 16.5. The smallest absolute Gasteiger partial charge is 0.227 e. The van der Waals surface area contributed by atoms with Gasteiger partial charge in [0.05, 0.1) is 18.7 Å². The van der Waals surface area contributed by atoms with Crippen molar-refractivity contribution in [3.05, 3.63) is 93.8 Å². The Morgan fingerprint density at radius 2 is 1.91 bits per heavy atom. The van der Waals surface area contributed by atoms with Crippen LogP contribution in [-0.4, -0.2) is 40.6 Å². The number of pyridine rings is 1. The lowest BCUT2D eigenvalue weighted by atomic mass is 9.90. The van der Waals surface area contributed by atoms with E-state index in [-0.39, 0.29) is 11.9 Å². The van der Waals surface area contributed by atoms with E-state index in [1.165, 1.54) is 33.5 Å². The quantitative estimate of drug-likeness (QED) is 0.586. The highest BCUT2D eigenvalue weighted by Crippen LogP contribution is 2.32. The molecule has 0 bridgehead atoms. The molecule has 1 atom stereocenters. The Hall–Kier alpha value is -3.47. The van der Waals surface area contributed by atoms with Crippen LogP contribution in [0.2, 0.25) is 0 Å². The summed E-state index contributed by atoms with van der Waals surface area (Å²) < 4.78 is 0. The molecule has 172 valence electrons. The second-order valence-electron chi connectivity index (χ2n) is 9.91. The molecule has 1 amide bonds. The van der Waals surface area contributed by atoms with Crippen molar-refractivity contribution in [3.63, 3.8) is 0 Å². The summed E-state index contributed by atoms with van der Waals surface area (Å²) in [5.41, 5.74) is 10.6. The Bertz CT molecular complexity index is 1310. The Labute approximate surface area is 201 Å². The highest BCUT2D eigenvalue weighted by molar-refractivity contribution is 6.15. The zero-order valence-electron chi connectivity index (χ0n) is 19.9. The van der Waals surface area contributed by atoms with Gasteiger partial charge in [0.1, 0.15) is 0 Å². The molecule has 1 fully saturated rings. The number of aromatic nitrogens is 1. The van der Waals surface area contributed by atoms with Gasteiger partial charge in [-0.1, -0.05) is 18.2 Å². The topological polar surface area (TPSA) is 48.8 Å². The van der Waals surface area contributed by atoms with E-state index in [1.807, 2.05) is 19.2 Å². The second kappa shape index (κ2) is 8.39. The fourth-order valence-electron chi connectivity index (χ4n) is 5.73. The molecule has 1 aromatic heterocycles. The van der Waals surface area contributed by atoms with E-state index < -0.39 is 0 Å². The average molecular weight is 451 g/mol. The van der Waals surface area contributed by atoms with Gasteiger partial charge in [0.15, 0.2) is 0 Å². The van der Waals surface area contributed by atoms with Crippen LogP contribution in [0.25, 0.3) is 0 Å². The first-order valence-corrected chi connectivity index (χ1v) is 12.3. The first kappa shape index (κ1) is 21.1. The average Bonchev–Trinajstić information content (AvgIpc) is 3.25. The number of amides is 1. The van der Waals surface area contributed by atoms with Gasteiger partial charge in [0.2, 0.25) is 5.91 Å². The summed E-state index contributed by atoms with van der Waals surface area (Å²) in [5, 5.41) is 0. The minimum absolute atomic E-state index is 0.249. The molecule has 3 aliphatic rings. The third-order valence-corrected chi connectivity index (χ3v) is 7.46. The zero-order valence-corrected chi connectivity index (χ0v) is 19.9. The van der Waals surface area contributed by atoms with E-state index in [2.05, 4.69) is 64.2 Å². The minimum atomic E-state index is 0.249. The van der Waals surface area contributed by atoms with Crippen LogP contribution >= 0.6 is 0 Å². The zero-order chi connectivity index (χ0) is 23.2. The molecule has 4 heterocycles. The summed E-state index contributed by atoms with van der Waals surface area (Å²) in [7, 11) is 0. The number of aryl methyl sites for hydroxylation is 2. The van der Waals surface area contributed by atoms with E-state index in [0.717, 1.165) is 42.9 Å². The number of carbonyl (C=O) groups is 1. The number of anilines is 1. The predicted molar refractivity (Wildman–Crippen MR) is 135 cm³/mol. The van der Waals surface area contributed by atoms with Crippen LogP contribution in [0.5, 0.6) is 0 Å². The molecule has 5 heteroatoms. The maximum Gasteiger partial charge on any atom is 0.227 e. The van der Waals surface area contributed by atoms with E-state index >= 15 is 0 Å². The molecule has 3 aromatic rings. The molecule has 0 N–H and O–H groups in total. The number of benzene rings is 2. The van der Waals surface area contributed by atoms with Crippen LogP contribution in [0.1, 0.15) is 51.9 Å². The van der Waals surface area contributed by atoms with Crippen LogP contribution < -0.4 is 4.90 Å². The summed E-state index contributed by atoms with van der Waals surface area (Å²) in [6.07, 6.45) is 4.52. The predicted octanol–water partition coefficient (Wildman–Crippen LogP) is 4.60. The monoisotopic (exact) mass is 450 g/mol. The Kier molecular flexibility index (Phi) is 5.20. The normalized spacial score (nSPS) is 19.6. The number of carbonyl (C=O) groups excluding carboxylic acids is 1. The van der Waals surface area contributed by atoms with Gasteiger partial charge in [-0.3, -0.25) is 14.8 Å². The van der Waals surface area contributed by atoms with Gasteiger partial charge in [-0.05, 0) is 79.3 Å². The largest absolute Gasteiger partial charge is 0.369 e. The summed E-state index contributed by atoms with van der Waals surface area (Å²) in [6.45, 7) is 7.48. The molecular weight excluding hydrogens is 420 g/mol. The number of hydrogen-bond donors (Lipinski definition) is 0. The third-order valence-electron chi connectivity index (χ3n) is 7.46. The summed E-state index contributed by atoms with van der Waals surface area (Å²) >= 11 is 0. The van der Waals surface area contributed by atoms with E-state index in [0.29, 0.717) is 19.5 Å². The van der Waals surface area contributed by atoms with Gasteiger partial charge < -0.3 is 9.80 Å². The van der Waals surface area contributed by atoms with Gasteiger partial charge >= 0.3 is 0 Å². The lowest BCUT2D eigenvalue weighted by molar-refractivity contribution is -0.134. The summed E-state index contributed by atoms with van der Waals surface area (Å²) in [4.78, 5) is 27.0. The van der Waals surface area contributed by atoms with Gasteiger partial charge in [0, 0.05) is 54.4 Å². The summed E-state index contributed by atoms with van der Waals surface area (Å²) in [6, 6.07) is 17.6. The summed E-state index contributed by atoms with van der Waals surface area (Å²) in [5.74, 6) is 0.257. The van der Waals surface area contributed by atoms with E-state index in [1.54, 1.807) is 0 Å². The maximum absolute atomic E-state index is 13.2. The van der Waals surface area contributed by atoms with Gasteiger partial charge in [-0.15, -0.1) is 0 Å². The van der Waals surface area contributed by atoms with Crippen LogP contribution in [0, 0.1) is 13.8 Å². The highest BCUT2D eigenvalue weighted by Gasteiger charge is 2.33. The van der Waals surface area contributed by atoms with Crippen LogP contribution in [0.15, 0.2) is 59.7 Å².